The Morgan fingerprint density at radius 1 is 1.04 bits per heavy atom. The Morgan fingerprint density at radius 3 is 2.69 bits per heavy atom. The van der Waals surface area contributed by atoms with Crippen molar-refractivity contribution in [2.45, 2.75) is 0 Å². The average molecular weight is 344 g/mol. The molecule has 1 amide bonds. The highest BCUT2D eigenvalue weighted by Gasteiger charge is 2.10. The van der Waals surface area contributed by atoms with Gasteiger partial charge in [-0.1, -0.05) is 18.2 Å². The summed E-state index contributed by atoms with van der Waals surface area (Å²) < 4.78 is 0. The molecule has 0 aliphatic carbocycles. The Hall–Kier alpha value is -3.87. The number of primary amides is 1. The van der Waals surface area contributed by atoms with E-state index < -0.39 is 5.91 Å². The molecule has 0 aliphatic heterocycles. The minimum absolute atomic E-state index is 0.426. The quantitative estimate of drug-likeness (QED) is 0.424. The van der Waals surface area contributed by atoms with Gasteiger partial charge in [-0.05, 0) is 36.4 Å². The number of rotatable bonds is 4. The highest BCUT2D eigenvalue weighted by molar-refractivity contribution is 5.95. The number of aromatic amines is 1. The summed E-state index contributed by atoms with van der Waals surface area (Å²) in [5.41, 5.74) is 15.6. The van der Waals surface area contributed by atoms with Gasteiger partial charge in [0, 0.05) is 28.2 Å². The SMILES string of the molecule is NC(=O)c1cccc(Nc2ncnc3[nH]c(-c4cccc(N)c4)cc23)c1. The Kier molecular flexibility index (Phi) is 3.74. The summed E-state index contributed by atoms with van der Waals surface area (Å²) in [6, 6.07) is 16.5. The molecule has 26 heavy (non-hydrogen) atoms. The number of carbonyl (C=O) groups excluding carboxylic acids is 1. The van der Waals surface area contributed by atoms with Gasteiger partial charge in [0.1, 0.15) is 17.8 Å². The third kappa shape index (κ3) is 2.93. The lowest BCUT2D eigenvalue weighted by molar-refractivity contribution is 0.100. The fourth-order valence-electron chi connectivity index (χ4n) is 2.79. The van der Waals surface area contributed by atoms with E-state index in [1.165, 1.54) is 6.33 Å². The van der Waals surface area contributed by atoms with Crippen molar-refractivity contribution in [3.05, 3.63) is 66.5 Å². The van der Waals surface area contributed by atoms with Crippen LogP contribution in [0.1, 0.15) is 10.4 Å². The van der Waals surface area contributed by atoms with Crippen LogP contribution in [0.5, 0.6) is 0 Å². The van der Waals surface area contributed by atoms with Crippen LogP contribution in [0.25, 0.3) is 22.3 Å². The number of anilines is 3. The number of nitrogens with one attached hydrogen (secondary N) is 2. The number of carbonyl (C=O) groups is 1. The summed E-state index contributed by atoms with van der Waals surface area (Å²) in [7, 11) is 0. The number of nitrogen functional groups attached to an aromatic ring is 1. The number of H-pyrrole nitrogens is 1. The molecule has 0 unspecified atom stereocenters. The van der Waals surface area contributed by atoms with Gasteiger partial charge >= 0.3 is 0 Å². The lowest BCUT2D eigenvalue weighted by Gasteiger charge is -2.07. The summed E-state index contributed by atoms with van der Waals surface area (Å²) in [5, 5.41) is 4.04. The predicted molar refractivity (Wildman–Crippen MR) is 102 cm³/mol. The molecule has 0 fully saturated rings. The minimum atomic E-state index is -0.480. The van der Waals surface area contributed by atoms with Crippen molar-refractivity contribution in [1.82, 2.24) is 15.0 Å². The van der Waals surface area contributed by atoms with Crippen molar-refractivity contribution in [3.8, 4) is 11.3 Å². The van der Waals surface area contributed by atoms with Gasteiger partial charge in [-0.3, -0.25) is 4.79 Å². The molecule has 6 N–H and O–H groups in total. The van der Waals surface area contributed by atoms with Crippen molar-refractivity contribution in [3.63, 3.8) is 0 Å². The van der Waals surface area contributed by atoms with E-state index in [9.17, 15) is 4.79 Å². The smallest absolute Gasteiger partial charge is 0.248 e. The van der Waals surface area contributed by atoms with Gasteiger partial charge in [0.05, 0.1) is 5.39 Å². The van der Waals surface area contributed by atoms with Crippen molar-refractivity contribution >= 4 is 34.1 Å². The van der Waals surface area contributed by atoms with E-state index in [-0.39, 0.29) is 0 Å². The molecule has 7 nitrogen and oxygen atoms in total. The molecule has 7 heteroatoms. The standard InChI is InChI=1S/C19H16N6O/c20-13-5-1-3-11(7-13)16-9-15-18(22-10-23-19(15)25-16)24-14-6-2-4-12(8-14)17(21)26/h1-10H,20H2,(H2,21,26)(H2,22,23,24,25). The van der Waals surface area contributed by atoms with Gasteiger partial charge in [-0.2, -0.15) is 0 Å². The van der Waals surface area contributed by atoms with Crippen LogP contribution in [0.3, 0.4) is 0 Å². The maximum Gasteiger partial charge on any atom is 0.248 e. The number of amides is 1. The van der Waals surface area contributed by atoms with Crippen LogP contribution in [0.4, 0.5) is 17.2 Å². The molecule has 0 atom stereocenters. The van der Waals surface area contributed by atoms with E-state index in [4.69, 9.17) is 11.5 Å². The molecule has 2 heterocycles. The predicted octanol–water partition coefficient (Wildman–Crippen LogP) is 3.05. The molecule has 0 saturated heterocycles. The number of hydrogen-bond donors (Lipinski definition) is 4. The molecule has 0 aliphatic rings. The molecule has 128 valence electrons. The van der Waals surface area contributed by atoms with E-state index in [1.807, 2.05) is 36.4 Å². The number of benzene rings is 2. The van der Waals surface area contributed by atoms with Crippen LogP contribution in [0, 0.1) is 0 Å². The number of hydrogen-bond acceptors (Lipinski definition) is 5. The third-order valence-electron chi connectivity index (χ3n) is 4.03. The molecular formula is C19H16N6O. The zero-order chi connectivity index (χ0) is 18.1. The summed E-state index contributed by atoms with van der Waals surface area (Å²) in [5.74, 6) is 0.148. The Labute approximate surface area is 149 Å². The first-order valence-electron chi connectivity index (χ1n) is 7.97. The molecular weight excluding hydrogens is 328 g/mol. The Balaban J connectivity index is 1.74. The first-order valence-corrected chi connectivity index (χ1v) is 7.97. The molecule has 0 saturated carbocycles. The van der Waals surface area contributed by atoms with Gasteiger partial charge in [-0.15, -0.1) is 0 Å². The fraction of sp³-hybridized carbons (Fsp3) is 0. The first-order chi connectivity index (χ1) is 12.6. The normalized spacial score (nSPS) is 10.8. The van der Waals surface area contributed by atoms with Crippen molar-refractivity contribution < 1.29 is 4.79 Å². The molecule has 2 aromatic carbocycles. The van der Waals surface area contributed by atoms with Gasteiger partial charge in [-0.25, -0.2) is 9.97 Å². The van der Waals surface area contributed by atoms with Crippen LogP contribution in [-0.4, -0.2) is 20.9 Å². The van der Waals surface area contributed by atoms with Crippen LogP contribution >= 0.6 is 0 Å². The maximum atomic E-state index is 11.4. The molecule has 2 aromatic heterocycles. The highest BCUT2D eigenvalue weighted by Crippen LogP contribution is 2.29. The first kappa shape index (κ1) is 15.6. The summed E-state index contributed by atoms with van der Waals surface area (Å²) >= 11 is 0. The van der Waals surface area contributed by atoms with Crippen LogP contribution < -0.4 is 16.8 Å². The van der Waals surface area contributed by atoms with Gasteiger partial charge in [0.2, 0.25) is 5.91 Å². The van der Waals surface area contributed by atoms with E-state index in [0.29, 0.717) is 28.4 Å². The van der Waals surface area contributed by atoms with E-state index in [0.717, 1.165) is 16.6 Å². The van der Waals surface area contributed by atoms with E-state index in [2.05, 4.69) is 20.3 Å². The highest BCUT2D eigenvalue weighted by atomic mass is 16.1. The second kappa shape index (κ2) is 6.21. The molecule has 4 aromatic rings. The lowest BCUT2D eigenvalue weighted by Crippen LogP contribution is -2.10. The Bertz CT molecular complexity index is 1120. The fourth-order valence-corrected chi connectivity index (χ4v) is 2.79. The number of nitrogens with zero attached hydrogens (tertiary/aromatic N) is 2. The van der Waals surface area contributed by atoms with E-state index >= 15 is 0 Å². The monoisotopic (exact) mass is 344 g/mol. The van der Waals surface area contributed by atoms with Crippen molar-refractivity contribution in [1.29, 1.82) is 0 Å². The van der Waals surface area contributed by atoms with Crippen LogP contribution in [0.2, 0.25) is 0 Å². The molecule has 0 spiro atoms. The van der Waals surface area contributed by atoms with Crippen molar-refractivity contribution in [2.75, 3.05) is 11.1 Å². The maximum absolute atomic E-state index is 11.4. The summed E-state index contributed by atoms with van der Waals surface area (Å²) in [6.45, 7) is 0. The average Bonchev–Trinajstić information content (AvgIpc) is 3.07. The number of aromatic nitrogens is 3. The topological polar surface area (TPSA) is 123 Å². The second-order valence-electron chi connectivity index (χ2n) is 5.86. The van der Waals surface area contributed by atoms with Crippen molar-refractivity contribution in [2.24, 2.45) is 5.73 Å². The van der Waals surface area contributed by atoms with Crippen LogP contribution in [-0.2, 0) is 0 Å². The third-order valence-corrected chi connectivity index (χ3v) is 4.03. The van der Waals surface area contributed by atoms with Gasteiger partial charge in [0.25, 0.3) is 0 Å². The zero-order valence-corrected chi connectivity index (χ0v) is 13.7. The molecule has 4 rings (SSSR count). The van der Waals surface area contributed by atoms with Gasteiger partial charge in [0.15, 0.2) is 0 Å². The molecule has 0 radical (unpaired) electrons. The van der Waals surface area contributed by atoms with Crippen LogP contribution in [0.15, 0.2) is 60.9 Å². The van der Waals surface area contributed by atoms with Gasteiger partial charge < -0.3 is 21.8 Å². The Morgan fingerprint density at radius 2 is 1.88 bits per heavy atom. The van der Waals surface area contributed by atoms with E-state index in [1.54, 1.807) is 18.2 Å². The summed E-state index contributed by atoms with van der Waals surface area (Å²) in [4.78, 5) is 23.2. The molecule has 0 bridgehead atoms. The number of nitrogens with two attached hydrogens (primary N) is 2. The number of fused-ring (bicyclic) bond motifs is 1. The second-order valence-corrected chi connectivity index (χ2v) is 5.86. The lowest BCUT2D eigenvalue weighted by atomic mass is 10.1. The zero-order valence-electron chi connectivity index (χ0n) is 13.7. The summed E-state index contributed by atoms with van der Waals surface area (Å²) in [6.07, 6.45) is 1.47. The largest absolute Gasteiger partial charge is 0.399 e. The minimum Gasteiger partial charge on any atom is -0.399 e.